The third-order valence-electron chi connectivity index (χ3n) is 3.79. The lowest BCUT2D eigenvalue weighted by molar-refractivity contribution is 1.07. The van der Waals surface area contributed by atoms with E-state index >= 15 is 0 Å². The zero-order valence-corrected chi connectivity index (χ0v) is 12.2. The lowest BCUT2D eigenvalue weighted by Crippen LogP contribution is -1.99. The zero-order chi connectivity index (χ0) is 14.7. The summed E-state index contributed by atoms with van der Waals surface area (Å²) in [7, 11) is 0. The fourth-order valence-corrected chi connectivity index (χ4v) is 2.61. The van der Waals surface area contributed by atoms with Gasteiger partial charge in [0.05, 0.1) is 0 Å². The molecule has 0 fully saturated rings. The molecule has 21 heavy (non-hydrogen) atoms. The maximum absolute atomic E-state index is 5.86. The van der Waals surface area contributed by atoms with Gasteiger partial charge >= 0.3 is 0 Å². The van der Waals surface area contributed by atoms with Crippen LogP contribution in [0.15, 0.2) is 72.8 Å². The van der Waals surface area contributed by atoms with Crippen LogP contribution in [0.25, 0.3) is 22.3 Å². The van der Waals surface area contributed by atoms with E-state index in [0.717, 1.165) is 0 Å². The number of benzene rings is 3. The van der Waals surface area contributed by atoms with E-state index in [1.165, 1.54) is 33.4 Å². The molecule has 0 atom stereocenters. The summed E-state index contributed by atoms with van der Waals surface area (Å²) in [5.74, 6) is 0. The summed E-state index contributed by atoms with van der Waals surface area (Å²) in [5.41, 5.74) is 13.2. The van der Waals surface area contributed by atoms with E-state index in [1.54, 1.807) is 0 Å². The number of aryl methyl sites for hydroxylation is 1. The summed E-state index contributed by atoms with van der Waals surface area (Å²) < 4.78 is 0. The average Bonchev–Trinajstić information content (AvgIpc) is 2.56. The van der Waals surface area contributed by atoms with Gasteiger partial charge < -0.3 is 5.73 Å². The number of nitrogens with two attached hydrogens (primary N) is 1. The number of rotatable bonds is 3. The normalized spacial score (nSPS) is 10.6. The first-order valence-electron chi connectivity index (χ1n) is 7.23. The van der Waals surface area contributed by atoms with Crippen molar-refractivity contribution < 1.29 is 0 Å². The predicted octanol–water partition coefficient (Wildman–Crippen LogP) is 4.79. The largest absolute Gasteiger partial charge is 0.326 e. The molecule has 0 saturated carbocycles. The lowest BCUT2D eigenvalue weighted by Gasteiger charge is -2.10. The molecule has 0 saturated heterocycles. The monoisotopic (exact) mass is 273 g/mol. The first-order valence-corrected chi connectivity index (χ1v) is 7.23. The van der Waals surface area contributed by atoms with Gasteiger partial charge in [0.2, 0.25) is 0 Å². The Hall–Kier alpha value is -2.38. The number of hydrogen-bond acceptors (Lipinski definition) is 1. The molecule has 104 valence electrons. The van der Waals surface area contributed by atoms with E-state index in [-0.39, 0.29) is 0 Å². The van der Waals surface area contributed by atoms with Gasteiger partial charge in [-0.2, -0.15) is 0 Å². The minimum Gasteiger partial charge on any atom is -0.326 e. The molecule has 3 rings (SSSR count). The molecule has 1 nitrogen and oxygen atoms in total. The molecule has 3 aromatic rings. The van der Waals surface area contributed by atoms with Crippen LogP contribution in [0, 0.1) is 6.92 Å². The van der Waals surface area contributed by atoms with Gasteiger partial charge in [-0.1, -0.05) is 78.4 Å². The van der Waals surface area contributed by atoms with Crippen molar-refractivity contribution in [3.8, 4) is 22.3 Å². The molecular weight excluding hydrogens is 254 g/mol. The fraction of sp³-hybridized carbons (Fsp3) is 0.100. The molecule has 0 radical (unpaired) electrons. The van der Waals surface area contributed by atoms with E-state index in [1.807, 2.05) is 6.07 Å². The standard InChI is InChI=1S/C20H19N/c1-15-7-8-19(14-21)20(13-15)18-11-9-17(10-12-18)16-5-3-2-4-6-16/h2-13H,14,21H2,1H3. The molecule has 1 heteroatoms. The molecule has 0 unspecified atom stereocenters. The Labute approximate surface area is 126 Å². The molecular formula is C20H19N. The minimum atomic E-state index is 0.566. The van der Waals surface area contributed by atoms with Crippen LogP contribution in [0.4, 0.5) is 0 Å². The van der Waals surface area contributed by atoms with Crippen molar-refractivity contribution in [2.24, 2.45) is 5.73 Å². The van der Waals surface area contributed by atoms with Crippen molar-refractivity contribution in [3.63, 3.8) is 0 Å². The van der Waals surface area contributed by atoms with Crippen molar-refractivity contribution in [2.45, 2.75) is 13.5 Å². The van der Waals surface area contributed by atoms with Crippen molar-refractivity contribution in [1.29, 1.82) is 0 Å². The summed E-state index contributed by atoms with van der Waals surface area (Å²) in [5, 5.41) is 0. The van der Waals surface area contributed by atoms with Crippen LogP contribution in [0.3, 0.4) is 0 Å². The van der Waals surface area contributed by atoms with Gasteiger partial charge in [0.1, 0.15) is 0 Å². The Morgan fingerprint density at radius 1 is 0.714 bits per heavy atom. The summed E-state index contributed by atoms with van der Waals surface area (Å²) in [4.78, 5) is 0. The second-order valence-corrected chi connectivity index (χ2v) is 5.31. The molecule has 0 heterocycles. The second-order valence-electron chi connectivity index (χ2n) is 5.31. The van der Waals surface area contributed by atoms with Gasteiger partial charge in [0.15, 0.2) is 0 Å². The summed E-state index contributed by atoms with van der Waals surface area (Å²) in [6.45, 7) is 2.68. The second kappa shape index (κ2) is 5.94. The molecule has 0 aliphatic rings. The minimum absolute atomic E-state index is 0.566. The number of hydrogen-bond donors (Lipinski definition) is 1. The Bertz CT molecular complexity index is 728. The molecule has 2 N–H and O–H groups in total. The SMILES string of the molecule is Cc1ccc(CN)c(-c2ccc(-c3ccccc3)cc2)c1. The highest BCUT2D eigenvalue weighted by Crippen LogP contribution is 2.27. The van der Waals surface area contributed by atoms with E-state index in [9.17, 15) is 0 Å². The van der Waals surface area contributed by atoms with Crippen molar-refractivity contribution in [1.82, 2.24) is 0 Å². The zero-order valence-electron chi connectivity index (χ0n) is 12.2. The van der Waals surface area contributed by atoms with Gasteiger partial charge in [-0.3, -0.25) is 0 Å². The van der Waals surface area contributed by atoms with E-state index in [4.69, 9.17) is 5.73 Å². The third kappa shape index (κ3) is 2.88. The van der Waals surface area contributed by atoms with Gasteiger partial charge in [-0.05, 0) is 34.7 Å². The van der Waals surface area contributed by atoms with Gasteiger partial charge in [0, 0.05) is 6.54 Å². The summed E-state index contributed by atoms with van der Waals surface area (Å²) in [6, 6.07) is 25.6. The highest BCUT2D eigenvalue weighted by molar-refractivity contribution is 5.72. The van der Waals surface area contributed by atoms with Crippen LogP contribution < -0.4 is 5.73 Å². The van der Waals surface area contributed by atoms with Crippen LogP contribution in [-0.2, 0) is 6.54 Å². The maximum atomic E-state index is 5.86. The molecule has 0 spiro atoms. The first-order chi connectivity index (χ1) is 10.3. The van der Waals surface area contributed by atoms with Crippen molar-refractivity contribution in [2.75, 3.05) is 0 Å². The third-order valence-corrected chi connectivity index (χ3v) is 3.79. The Kier molecular flexibility index (Phi) is 3.85. The molecule has 0 amide bonds. The molecule has 0 bridgehead atoms. The van der Waals surface area contributed by atoms with Crippen molar-refractivity contribution in [3.05, 3.63) is 83.9 Å². The highest BCUT2D eigenvalue weighted by atomic mass is 14.5. The topological polar surface area (TPSA) is 26.0 Å². The van der Waals surface area contributed by atoms with Crippen LogP contribution >= 0.6 is 0 Å². The van der Waals surface area contributed by atoms with Crippen molar-refractivity contribution >= 4 is 0 Å². The smallest absolute Gasteiger partial charge is 0.0184 e. The average molecular weight is 273 g/mol. The molecule has 0 aliphatic carbocycles. The molecule has 0 aliphatic heterocycles. The lowest BCUT2D eigenvalue weighted by atomic mass is 9.95. The highest BCUT2D eigenvalue weighted by Gasteiger charge is 2.05. The van der Waals surface area contributed by atoms with Crippen LogP contribution in [0.5, 0.6) is 0 Å². The van der Waals surface area contributed by atoms with Crippen LogP contribution in [0.2, 0.25) is 0 Å². The molecule has 3 aromatic carbocycles. The van der Waals surface area contributed by atoms with Gasteiger partial charge in [0.25, 0.3) is 0 Å². The van der Waals surface area contributed by atoms with Gasteiger partial charge in [-0.25, -0.2) is 0 Å². The molecule has 0 aromatic heterocycles. The van der Waals surface area contributed by atoms with Gasteiger partial charge in [-0.15, -0.1) is 0 Å². The quantitative estimate of drug-likeness (QED) is 0.729. The van der Waals surface area contributed by atoms with E-state index in [0.29, 0.717) is 6.54 Å². The van der Waals surface area contributed by atoms with Crippen LogP contribution in [-0.4, -0.2) is 0 Å². The first kappa shape index (κ1) is 13.6. The predicted molar refractivity (Wildman–Crippen MR) is 89.9 cm³/mol. The summed E-state index contributed by atoms with van der Waals surface area (Å²) in [6.07, 6.45) is 0. The Morgan fingerprint density at radius 2 is 1.33 bits per heavy atom. The Balaban J connectivity index is 2.00. The maximum Gasteiger partial charge on any atom is 0.0184 e. The fourth-order valence-electron chi connectivity index (χ4n) is 2.61. The summed E-state index contributed by atoms with van der Waals surface area (Å²) >= 11 is 0. The van der Waals surface area contributed by atoms with E-state index < -0.39 is 0 Å². The van der Waals surface area contributed by atoms with Crippen LogP contribution in [0.1, 0.15) is 11.1 Å². The Morgan fingerprint density at radius 3 is 2.00 bits per heavy atom. The van der Waals surface area contributed by atoms with E-state index in [2.05, 4.69) is 73.7 Å².